The summed E-state index contributed by atoms with van der Waals surface area (Å²) in [6.07, 6.45) is 0.0345. The second kappa shape index (κ2) is 10.8. The first-order valence-corrected chi connectivity index (χ1v) is 13.3. The molecule has 0 spiro atoms. The molecule has 0 fully saturated rings. The molecule has 4 aromatic rings. The van der Waals surface area contributed by atoms with Crippen LogP contribution in [0, 0.1) is 0 Å². The van der Waals surface area contributed by atoms with Gasteiger partial charge in [0.2, 0.25) is 0 Å². The van der Waals surface area contributed by atoms with Gasteiger partial charge in [0.05, 0.1) is 37.3 Å². The van der Waals surface area contributed by atoms with Gasteiger partial charge in [-0.15, -0.1) is 0 Å². The molecule has 0 bridgehead atoms. The summed E-state index contributed by atoms with van der Waals surface area (Å²) in [6, 6.07) is 16.3. The molecule has 3 aromatic carbocycles. The van der Waals surface area contributed by atoms with Crippen LogP contribution in [0.2, 0.25) is 10.0 Å². The normalized spacial score (nSPS) is 11.5. The van der Waals surface area contributed by atoms with Gasteiger partial charge < -0.3 is 15.4 Å². The van der Waals surface area contributed by atoms with Crippen molar-refractivity contribution in [3.63, 3.8) is 0 Å². The molecule has 11 heteroatoms. The van der Waals surface area contributed by atoms with E-state index in [1.807, 2.05) is 24.3 Å². The van der Waals surface area contributed by atoms with E-state index in [0.29, 0.717) is 22.1 Å². The predicted molar refractivity (Wildman–Crippen MR) is 139 cm³/mol. The summed E-state index contributed by atoms with van der Waals surface area (Å²) in [7, 11) is -3.72. The van der Waals surface area contributed by atoms with Gasteiger partial charge in [-0.05, 0) is 55.0 Å². The van der Waals surface area contributed by atoms with Gasteiger partial charge in [0.15, 0.2) is 15.6 Å². The number of anilines is 1. The molecule has 1 amide bonds. The highest BCUT2D eigenvalue weighted by molar-refractivity contribution is 7.91. The van der Waals surface area contributed by atoms with Crippen molar-refractivity contribution in [3.05, 3.63) is 76.3 Å². The Morgan fingerprint density at radius 1 is 1.00 bits per heavy atom. The Morgan fingerprint density at radius 3 is 2.50 bits per heavy atom. The van der Waals surface area contributed by atoms with E-state index in [1.165, 1.54) is 18.2 Å². The maximum absolute atomic E-state index is 12.9. The first kappa shape index (κ1) is 25.8. The third-order valence-corrected chi connectivity index (χ3v) is 7.90. The highest BCUT2D eigenvalue weighted by Crippen LogP contribution is 2.31. The average Bonchev–Trinajstić information content (AvgIpc) is 3.29. The number of rotatable bonds is 9. The number of hydrogen-bond acceptors (Lipinski definition) is 6. The molecular formula is C25H21Cl2N3O5S. The third-order valence-electron chi connectivity index (χ3n) is 5.46. The van der Waals surface area contributed by atoms with Crippen LogP contribution in [0.25, 0.3) is 22.4 Å². The van der Waals surface area contributed by atoms with Crippen LogP contribution >= 0.6 is 23.2 Å². The lowest BCUT2D eigenvalue weighted by Gasteiger charge is -2.11. The highest BCUT2D eigenvalue weighted by Gasteiger charge is 2.19. The van der Waals surface area contributed by atoms with Crippen molar-refractivity contribution in [2.45, 2.75) is 17.7 Å². The number of Topliss-reactive ketones (excluding diaryl/α,β-unsaturated/α-hetero) is 1. The first-order valence-electron chi connectivity index (χ1n) is 10.9. The van der Waals surface area contributed by atoms with Crippen LogP contribution in [0.15, 0.2) is 65.6 Å². The Kier molecular flexibility index (Phi) is 7.75. The average molecular weight is 546 g/mol. The maximum Gasteiger partial charge on any atom is 0.257 e. The van der Waals surface area contributed by atoms with Crippen molar-refractivity contribution in [3.8, 4) is 11.4 Å². The fraction of sp³-hybridized carbons (Fsp3) is 0.160. The summed E-state index contributed by atoms with van der Waals surface area (Å²) in [5, 5.41) is 11.9. The van der Waals surface area contributed by atoms with Crippen LogP contribution in [0.4, 0.5) is 5.69 Å². The number of para-hydroxylation sites is 2. The number of nitrogens with one attached hydrogen (secondary N) is 2. The van der Waals surface area contributed by atoms with Crippen molar-refractivity contribution in [2.24, 2.45) is 0 Å². The van der Waals surface area contributed by atoms with Crippen molar-refractivity contribution in [2.75, 3.05) is 17.7 Å². The second-order valence-corrected chi connectivity index (χ2v) is 10.9. The molecule has 186 valence electrons. The summed E-state index contributed by atoms with van der Waals surface area (Å²) >= 11 is 12.6. The molecule has 0 aliphatic rings. The molecule has 0 aliphatic carbocycles. The van der Waals surface area contributed by atoms with Crippen LogP contribution in [-0.4, -0.2) is 47.5 Å². The summed E-state index contributed by atoms with van der Waals surface area (Å²) in [5.74, 6) is -0.697. The van der Waals surface area contributed by atoms with Crippen LogP contribution in [0.5, 0.6) is 0 Å². The SMILES string of the molecule is O=C(CO)CCCS(=O)(=O)c1ccc(C(=O)Nc2ccc(Cl)c(-c3nc4ccccc4[nH]3)c2)c(Cl)c1. The number of amides is 1. The predicted octanol–water partition coefficient (Wildman–Crippen LogP) is 4.90. The number of H-pyrrole nitrogens is 1. The number of carbonyl (C=O) groups excluding carboxylic acids is 2. The lowest BCUT2D eigenvalue weighted by atomic mass is 10.1. The zero-order valence-electron chi connectivity index (χ0n) is 18.8. The number of aromatic amines is 1. The summed E-state index contributed by atoms with van der Waals surface area (Å²) in [4.78, 5) is 31.8. The van der Waals surface area contributed by atoms with Gasteiger partial charge in [0, 0.05) is 17.7 Å². The van der Waals surface area contributed by atoms with Gasteiger partial charge in [-0.25, -0.2) is 13.4 Å². The molecule has 0 radical (unpaired) electrons. The van der Waals surface area contributed by atoms with E-state index in [1.54, 1.807) is 18.2 Å². The molecule has 3 N–H and O–H groups in total. The van der Waals surface area contributed by atoms with Crippen molar-refractivity contribution in [1.82, 2.24) is 9.97 Å². The second-order valence-electron chi connectivity index (χ2n) is 8.01. The lowest BCUT2D eigenvalue weighted by Crippen LogP contribution is -2.14. The van der Waals surface area contributed by atoms with Gasteiger partial charge >= 0.3 is 0 Å². The molecule has 1 aromatic heterocycles. The van der Waals surface area contributed by atoms with Gasteiger partial charge in [-0.1, -0.05) is 35.3 Å². The number of carbonyl (C=O) groups is 2. The molecule has 0 unspecified atom stereocenters. The Bertz CT molecular complexity index is 1530. The topological polar surface area (TPSA) is 129 Å². The van der Waals surface area contributed by atoms with Gasteiger partial charge in [-0.2, -0.15) is 0 Å². The Hall–Kier alpha value is -3.24. The van der Waals surface area contributed by atoms with Crippen LogP contribution in [0.3, 0.4) is 0 Å². The number of aliphatic hydroxyl groups excluding tert-OH is 1. The fourth-order valence-electron chi connectivity index (χ4n) is 3.59. The third kappa shape index (κ3) is 5.76. The maximum atomic E-state index is 12.9. The number of aliphatic hydroxyl groups is 1. The minimum absolute atomic E-state index is 0.0357. The minimum atomic E-state index is -3.72. The molecule has 0 atom stereocenters. The summed E-state index contributed by atoms with van der Waals surface area (Å²) in [6.45, 7) is -0.622. The number of aromatic nitrogens is 2. The van der Waals surface area contributed by atoms with Crippen LogP contribution in [0.1, 0.15) is 23.2 Å². The van der Waals surface area contributed by atoms with E-state index in [0.717, 1.165) is 11.0 Å². The number of fused-ring (bicyclic) bond motifs is 1. The van der Waals surface area contributed by atoms with E-state index in [9.17, 15) is 18.0 Å². The van der Waals surface area contributed by atoms with E-state index in [2.05, 4.69) is 15.3 Å². The molecule has 0 aliphatic heterocycles. The largest absolute Gasteiger partial charge is 0.389 e. The number of hydrogen-bond donors (Lipinski definition) is 3. The molecular weight excluding hydrogens is 525 g/mol. The number of halogens is 2. The van der Waals surface area contributed by atoms with Crippen molar-refractivity contribution < 1.29 is 23.1 Å². The zero-order valence-corrected chi connectivity index (χ0v) is 21.1. The lowest BCUT2D eigenvalue weighted by molar-refractivity contribution is -0.121. The zero-order chi connectivity index (χ0) is 25.9. The molecule has 8 nitrogen and oxygen atoms in total. The Morgan fingerprint density at radius 2 is 1.78 bits per heavy atom. The Labute approximate surface area is 217 Å². The van der Waals surface area contributed by atoms with E-state index < -0.39 is 28.1 Å². The fourth-order valence-corrected chi connectivity index (χ4v) is 5.46. The number of imidazole rings is 1. The molecule has 0 saturated heterocycles. The van der Waals surface area contributed by atoms with Crippen molar-refractivity contribution in [1.29, 1.82) is 0 Å². The van der Waals surface area contributed by atoms with Gasteiger partial charge in [0.1, 0.15) is 12.4 Å². The standard InChI is InChI=1S/C25H21Cl2N3O5S/c26-20-10-7-15(12-19(20)24-29-22-5-1-2-6-23(22)30-24)28-25(33)18-9-8-17(13-21(18)27)36(34,35)11-3-4-16(32)14-31/h1-2,5-10,12-13,31H,3-4,11,14H2,(H,28,33)(H,29,30). The molecule has 4 rings (SSSR count). The number of sulfone groups is 1. The highest BCUT2D eigenvalue weighted by atomic mass is 35.5. The van der Waals surface area contributed by atoms with Crippen LogP contribution in [-0.2, 0) is 14.6 Å². The van der Waals surface area contributed by atoms with Gasteiger partial charge in [-0.3, -0.25) is 9.59 Å². The number of benzene rings is 3. The van der Waals surface area contributed by atoms with E-state index in [4.69, 9.17) is 28.3 Å². The summed E-state index contributed by atoms with van der Waals surface area (Å²) < 4.78 is 25.1. The number of ketones is 1. The monoisotopic (exact) mass is 545 g/mol. The van der Waals surface area contributed by atoms with Gasteiger partial charge in [0.25, 0.3) is 5.91 Å². The molecule has 1 heterocycles. The Balaban J connectivity index is 1.51. The first-order chi connectivity index (χ1) is 17.2. The molecule has 36 heavy (non-hydrogen) atoms. The number of nitrogens with zero attached hydrogens (tertiary/aromatic N) is 1. The van der Waals surface area contributed by atoms with E-state index in [-0.39, 0.29) is 34.1 Å². The van der Waals surface area contributed by atoms with E-state index >= 15 is 0 Å². The van der Waals surface area contributed by atoms with Crippen LogP contribution < -0.4 is 5.32 Å². The van der Waals surface area contributed by atoms with Crippen molar-refractivity contribution >= 4 is 61.5 Å². The smallest absolute Gasteiger partial charge is 0.257 e. The molecule has 0 saturated carbocycles. The quantitative estimate of drug-likeness (QED) is 0.274. The summed E-state index contributed by atoms with van der Waals surface area (Å²) in [5.41, 5.74) is 2.75. The minimum Gasteiger partial charge on any atom is -0.389 e.